The second-order valence-electron chi connectivity index (χ2n) is 12.6. The van der Waals surface area contributed by atoms with Gasteiger partial charge in [0.25, 0.3) is 20.2 Å². The number of phosphoric ester groups is 1. The maximum atomic E-state index is 13.7. The lowest BCUT2D eigenvalue weighted by molar-refractivity contribution is -0.870. The van der Waals surface area contributed by atoms with E-state index in [4.69, 9.17) is 17.4 Å². The van der Waals surface area contributed by atoms with Gasteiger partial charge >= 0.3 is 7.82 Å². The van der Waals surface area contributed by atoms with Gasteiger partial charge in [0.1, 0.15) is 29.0 Å². The Morgan fingerprint density at radius 3 is 1.62 bits per heavy atom. The van der Waals surface area contributed by atoms with Crippen molar-refractivity contribution >= 4 is 61.0 Å². The Bertz CT molecular complexity index is 2030. The fourth-order valence-corrected chi connectivity index (χ4v) is 8.11. The maximum absolute atomic E-state index is 13.7. The molecule has 48 heavy (non-hydrogen) atoms. The van der Waals surface area contributed by atoms with Crippen molar-refractivity contribution in [3.63, 3.8) is 0 Å². The number of rotatable bonds is 16. The highest BCUT2D eigenvalue weighted by Crippen LogP contribution is 2.43. The third-order valence-corrected chi connectivity index (χ3v) is 11.1. The van der Waals surface area contributed by atoms with Gasteiger partial charge in [-0.2, -0.15) is 16.8 Å². The molecule has 262 valence electrons. The molecule has 0 aromatic heterocycles. The number of hydrogen-bond acceptors (Lipinski definition) is 11. The highest BCUT2D eigenvalue weighted by molar-refractivity contribution is 7.87. The molecule has 0 saturated carbocycles. The number of quaternary nitrogens is 1. The fourth-order valence-electron chi connectivity index (χ4n) is 4.95. The van der Waals surface area contributed by atoms with Crippen LogP contribution in [0.15, 0.2) is 82.6 Å². The Hall–Kier alpha value is -3.11. The molecule has 1 unspecified atom stereocenters. The van der Waals surface area contributed by atoms with Gasteiger partial charge in [0, 0.05) is 61.1 Å². The molecule has 0 aliphatic rings. The SMILES string of the molecule is CN(C)c1cccc2c(S(=O)(=O)OC[C@H](COP(=O)(O)OCC[N+](C)(C)C)OS(=O)(=O)c3cccc4c(N(C)C)cccc34)cccc12. The molecule has 4 aromatic rings. The van der Waals surface area contributed by atoms with Crippen molar-refractivity contribution < 1.29 is 48.2 Å². The lowest BCUT2D eigenvalue weighted by Crippen LogP contribution is -2.37. The maximum Gasteiger partial charge on any atom is 0.472 e. The third kappa shape index (κ3) is 9.31. The summed E-state index contributed by atoms with van der Waals surface area (Å²) in [5.41, 5.74) is 1.54. The molecule has 0 aliphatic heterocycles. The van der Waals surface area contributed by atoms with E-state index in [1.807, 2.05) is 71.3 Å². The van der Waals surface area contributed by atoms with Crippen LogP contribution in [0.4, 0.5) is 11.4 Å². The van der Waals surface area contributed by atoms with Gasteiger partial charge in [-0.1, -0.05) is 48.5 Å². The number of anilines is 2. The number of fused-ring (bicyclic) bond motifs is 2. The van der Waals surface area contributed by atoms with Crippen LogP contribution in [0.3, 0.4) is 0 Å². The summed E-state index contributed by atoms with van der Waals surface area (Å²) in [5.74, 6) is 0. The van der Waals surface area contributed by atoms with E-state index in [1.54, 1.807) is 48.5 Å². The first-order valence-corrected chi connectivity index (χ1v) is 19.3. The molecule has 0 amide bonds. The molecule has 4 rings (SSSR count). The van der Waals surface area contributed by atoms with E-state index >= 15 is 0 Å². The number of benzene rings is 4. The van der Waals surface area contributed by atoms with Crippen LogP contribution in [0.5, 0.6) is 0 Å². The number of phosphoric acid groups is 1. The molecule has 4 aromatic carbocycles. The minimum Gasteiger partial charge on any atom is -0.377 e. The van der Waals surface area contributed by atoms with E-state index < -0.39 is 47.4 Å². The predicted molar refractivity (Wildman–Crippen MR) is 186 cm³/mol. The second kappa shape index (κ2) is 14.8. The topological polar surface area (TPSA) is 149 Å². The molecular formula is C32H43N3O10PS2+. The summed E-state index contributed by atoms with van der Waals surface area (Å²) >= 11 is 0. The highest BCUT2D eigenvalue weighted by Gasteiger charge is 2.31. The Kier molecular flexibility index (Phi) is 11.6. The summed E-state index contributed by atoms with van der Waals surface area (Å²) in [7, 11) is -0.894. The first-order valence-electron chi connectivity index (χ1n) is 14.9. The van der Waals surface area contributed by atoms with Crippen molar-refractivity contribution in [1.82, 2.24) is 0 Å². The smallest absolute Gasteiger partial charge is 0.377 e. The van der Waals surface area contributed by atoms with Gasteiger partial charge in [0.05, 0.1) is 34.4 Å². The van der Waals surface area contributed by atoms with Crippen LogP contribution in [0.1, 0.15) is 0 Å². The molecule has 0 radical (unpaired) electrons. The van der Waals surface area contributed by atoms with Crippen molar-refractivity contribution in [3.05, 3.63) is 72.8 Å². The Labute approximate surface area is 282 Å². The lowest BCUT2D eigenvalue weighted by Gasteiger charge is -2.24. The van der Waals surface area contributed by atoms with E-state index in [9.17, 15) is 26.3 Å². The van der Waals surface area contributed by atoms with Gasteiger partial charge in [-0.3, -0.25) is 17.4 Å². The third-order valence-electron chi connectivity index (χ3n) is 7.33. The van der Waals surface area contributed by atoms with Crippen LogP contribution in [0, 0.1) is 0 Å². The van der Waals surface area contributed by atoms with E-state index in [2.05, 4.69) is 0 Å². The van der Waals surface area contributed by atoms with E-state index in [0.29, 0.717) is 32.6 Å². The Morgan fingerprint density at radius 2 is 1.15 bits per heavy atom. The van der Waals surface area contributed by atoms with Gasteiger partial charge < -0.3 is 19.2 Å². The van der Waals surface area contributed by atoms with Crippen LogP contribution < -0.4 is 9.80 Å². The quantitative estimate of drug-likeness (QED) is 0.0989. The first kappa shape index (κ1) is 37.7. The van der Waals surface area contributed by atoms with Crippen molar-refractivity contribution in [2.24, 2.45) is 0 Å². The minimum atomic E-state index is -4.70. The fraction of sp³-hybridized carbons (Fsp3) is 0.375. The van der Waals surface area contributed by atoms with Crippen molar-refractivity contribution in [2.75, 3.05) is 85.5 Å². The highest BCUT2D eigenvalue weighted by atomic mass is 32.2. The van der Waals surface area contributed by atoms with Crippen molar-refractivity contribution in [2.45, 2.75) is 15.9 Å². The Balaban J connectivity index is 1.65. The average molecular weight is 725 g/mol. The zero-order valence-electron chi connectivity index (χ0n) is 28.1. The largest absolute Gasteiger partial charge is 0.472 e. The molecule has 16 heteroatoms. The summed E-state index contributed by atoms with van der Waals surface area (Å²) in [5, 5.41) is 2.05. The van der Waals surface area contributed by atoms with Crippen LogP contribution in [0.25, 0.3) is 21.5 Å². The van der Waals surface area contributed by atoms with E-state index in [0.717, 1.165) is 11.4 Å². The summed E-state index contributed by atoms with van der Waals surface area (Å²) in [6.07, 6.45) is -1.67. The normalized spacial score (nSPS) is 14.6. The molecule has 2 atom stereocenters. The van der Waals surface area contributed by atoms with E-state index in [1.165, 1.54) is 12.1 Å². The standard InChI is InChI=1S/C32H42N3O10PS2/c1-33(2)29-16-8-14-27-25(29)12-10-18-31(27)47(38,39)44-23-24(22-43-46(36,37)42-21-20-35(5,6)7)45-48(40,41)32-19-11-13-26-28(32)15-9-17-30(26)34(3)4/h8-19,24H,20-23H2,1-7H3/p+1/t24-/m0/s1. The first-order chi connectivity index (χ1) is 22.3. The minimum absolute atomic E-state index is 0.133. The second-order valence-corrected chi connectivity index (χ2v) is 17.1. The molecule has 0 spiro atoms. The van der Waals surface area contributed by atoms with Crippen LogP contribution in [-0.2, 0) is 42.2 Å². The summed E-state index contributed by atoms with van der Waals surface area (Å²) < 4.78 is 88.8. The molecule has 0 fully saturated rings. The summed E-state index contributed by atoms with van der Waals surface area (Å²) in [6, 6.07) is 19.8. The molecule has 0 saturated heterocycles. The van der Waals surface area contributed by atoms with Gasteiger partial charge in [-0.15, -0.1) is 0 Å². The number of hydrogen-bond donors (Lipinski definition) is 1. The van der Waals surface area contributed by atoms with Crippen LogP contribution in [0.2, 0.25) is 0 Å². The Morgan fingerprint density at radius 1 is 0.688 bits per heavy atom. The summed E-state index contributed by atoms with van der Waals surface area (Å²) in [6.45, 7) is -1.47. The molecular weight excluding hydrogens is 681 g/mol. The zero-order valence-corrected chi connectivity index (χ0v) is 30.6. The monoisotopic (exact) mass is 724 g/mol. The van der Waals surface area contributed by atoms with Crippen LogP contribution >= 0.6 is 7.82 Å². The average Bonchev–Trinajstić information content (AvgIpc) is 3.00. The van der Waals surface area contributed by atoms with Crippen LogP contribution in [-0.4, -0.2) is 108 Å². The molecule has 1 N–H and O–H groups in total. The molecule has 0 bridgehead atoms. The van der Waals surface area contributed by atoms with E-state index in [-0.39, 0.29) is 16.4 Å². The molecule has 13 nitrogen and oxygen atoms in total. The lowest BCUT2D eigenvalue weighted by atomic mass is 10.1. The number of likely N-dealkylation sites (N-methyl/N-ethyl adjacent to an activating group) is 1. The van der Waals surface area contributed by atoms with Gasteiger partial charge in [0.15, 0.2) is 0 Å². The number of nitrogens with zero attached hydrogens (tertiary/aromatic N) is 3. The zero-order chi connectivity index (χ0) is 35.5. The van der Waals surface area contributed by atoms with Gasteiger partial charge in [-0.05, 0) is 24.3 Å². The van der Waals surface area contributed by atoms with Crippen molar-refractivity contribution in [1.29, 1.82) is 0 Å². The summed E-state index contributed by atoms with van der Waals surface area (Å²) in [4.78, 5) is 13.7. The predicted octanol–water partition coefficient (Wildman–Crippen LogP) is 4.44. The van der Waals surface area contributed by atoms with Crippen molar-refractivity contribution in [3.8, 4) is 0 Å². The van der Waals surface area contributed by atoms with Gasteiger partial charge in [0.2, 0.25) is 0 Å². The molecule has 0 aliphatic carbocycles. The molecule has 0 heterocycles. The van der Waals surface area contributed by atoms with Gasteiger partial charge in [-0.25, -0.2) is 4.57 Å².